The van der Waals surface area contributed by atoms with Crippen LogP contribution >= 0.6 is 11.3 Å². The summed E-state index contributed by atoms with van der Waals surface area (Å²) in [7, 11) is -1.50. The van der Waals surface area contributed by atoms with Crippen LogP contribution in [0, 0.1) is 5.92 Å². The van der Waals surface area contributed by atoms with Gasteiger partial charge in [0.2, 0.25) is 15.9 Å². The first-order chi connectivity index (χ1) is 13.8. The summed E-state index contributed by atoms with van der Waals surface area (Å²) < 4.78 is 28.0. The summed E-state index contributed by atoms with van der Waals surface area (Å²) in [6.45, 7) is 5.67. The lowest BCUT2D eigenvalue weighted by atomic mass is 10.1. The van der Waals surface area contributed by atoms with E-state index < -0.39 is 10.0 Å². The number of rotatable bonds is 12. The quantitative estimate of drug-likeness (QED) is 0.500. The molecule has 1 aromatic heterocycles. The average Bonchev–Trinajstić information content (AvgIpc) is 3.15. The van der Waals surface area contributed by atoms with Crippen molar-refractivity contribution < 1.29 is 13.2 Å². The molecule has 0 bridgehead atoms. The summed E-state index contributed by atoms with van der Waals surface area (Å²) in [5, 5.41) is 2.87. The lowest BCUT2D eigenvalue weighted by molar-refractivity contribution is -0.121. The molecule has 0 unspecified atom stereocenters. The second-order valence-corrected chi connectivity index (χ2v) is 10.6. The minimum absolute atomic E-state index is 0.0338. The van der Waals surface area contributed by atoms with Crippen LogP contribution in [-0.4, -0.2) is 41.0 Å². The van der Waals surface area contributed by atoms with E-state index in [4.69, 9.17) is 0 Å². The standard InChI is InChI=1S/C21H31N3O3S2/c1-17(2)16-20(25)22-14-12-19-10-11-21(28-19)29(26,27)23-13-7-15-24(3)18-8-5-4-6-9-18/h4-6,8-11,17,23H,7,12-16H2,1-3H3,(H,22,25). The molecule has 0 saturated carbocycles. The highest BCUT2D eigenvalue weighted by Crippen LogP contribution is 2.21. The average molecular weight is 438 g/mol. The van der Waals surface area contributed by atoms with Crippen LogP contribution in [0.3, 0.4) is 0 Å². The number of para-hydroxylation sites is 1. The van der Waals surface area contributed by atoms with E-state index in [-0.39, 0.29) is 5.91 Å². The van der Waals surface area contributed by atoms with Gasteiger partial charge in [0.25, 0.3) is 0 Å². The summed E-state index contributed by atoms with van der Waals surface area (Å²) in [5.41, 5.74) is 1.11. The highest BCUT2D eigenvalue weighted by atomic mass is 32.2. The van der Waals surface area contributed by atoms with E-state index in [1.807, 2.05) is 57.3 Å². The number of hydrogen-bond donors (Lipinski definition) is 2. The Morgan fingerprint density at radius 1 is 1.10 bits per heavy atom. The van der Waals surface area contributed by atoms with E-state index in [0.29, 0.717) is 42.5 Å². The zero-order valence-electron chi connectivity index (χ0n) is 17.3. The monoisotopic (exact) mass is 437 g/mol. The van der Waals surface area contributed by atoms with Crippen molar-refractivity contribution in [3.05, 3.63) is 47.3 Å². The van der Waals surface area contributed by atoms with Crippen molar-refractivity contribution >= 4 is 33.0 Å². The molecule has 8 heteroatoms. The van der Waals surface area contributed by atoms with Crippen LogP contribution in [0.2, 0.25) is 0 Å². The van der Waals surface area contributed by atoms with Gasteiger partial charge in [-0.2, -0.15) is 0 Å². The first-order valence-electron chi connectivity index (χ1n) is 9.89. The normalized spacial score (nSPS) is 11.6. The highest BCUT2D eigenvalue weighted by Gasteiger charge is 2.16. The number of anilines is 1. The Balaban J connectivity index is 1.74. The third-order valence-electron chi connectivity index (χ3n) is 4.35. The van der Waals surface area contributed by atoms with Gasteiger partial charge < -0.3 is 10.2 Å². The summed E-state index contributed by atoms with van der Waals surface area (Å²) in [4.78, 5) is 14.7. The summed E-state index contributed by atoms with van der Waals surface area (Å²) in [5.74, 6) is 0.360. The Hall–Kier alpha value is -1.90. The van der Waals surface area contributed by atoms with E-state index in [0.717, 1.165) is 17.1 Å². The van der Waals surface area contributed by atoms with Crippen molar-refractivity contribution in [1.82, 2.24) is 10.0 Å². The molecule has 0 aliphatic rings. The molecule has 2 aromatic rings. The van der Waals surface area contributed by atoms with Crippen LogP contribution in [0.4, 0.5) is 5.69 Å². The van der Waals surface area contributed by atoms with Gasteiger partial charge in [0.15, 0.2) is 0 Å². The smallest absolute Gasteiger partial charge is 0.250 e. The Morgan fingerprint density at radius 3 is 2.52 bits per heavy atom. The molecule has 0 atom stereocenters. The fourth-order valence-electron chi connectivity index (χ4n) is 2.81. The maximum Gasteiger partial charge on any atom is 0.250 e. The van der Waals surface area contributed by atoms with Crippen LogP contribution in [0.1, 0.15) is 31.6 Å². The molecule has 0 radical (unpaired) electrons. The largest absolute Gasteiger partial charge is 0.375 e. The van der Waals surface area contributed by atoms with Crippen LogP contribution < -0.4 is 14.9 Å². The third kappa shape index (κ3) is 8.16. The summed E-state index contributed by atoms with van der Waals surface area (Å²) in [6.07, 6.45) is 1.85. The molecule has 1 heterocycles. The topological polar surface area (TPSA) is 78.5 Å². The molecular weight excluding hydrogens is 406 g/mol. The molecular formula is C21H31N3O3S2. The lowest BCUT2D eigenvalue weighted by Crippen LogP contribution is -2.27. The van der Waals surface area contributed by atoms with Gasteiger partial charge in [-0.05, 0) is 43.0 Å². The molecule has 1 amide bonds. The minimum atomic E-state index is -3.50. The Bertz CT molecular complexity index is 864. The number of carbonyl (C=O) groups is 1. The Kier molecular flexibility index (Phi) is 9.13. The summed E-state index contributed by atoms with van der Waals surface area (Å²) >= 11 is 1.25. The maximum absolute atomic E-state index is 12.5. The summed E-state index contributed by atoms with van der Waals surface area (Å²) in [6, 6.07) is 13.5. The molecule has 0 fully saturated rings. The molecule has 2 rings (SSSR count). The molecule has 0 aliphatic heterocycles. The number of carbonyl (C=O) groups excluding carboxylic acids is 1. The number of sulfonamides is 1. The van der Waals surface area contributed by atoms with Gasteiger partial charge in [-0.3, -0.25) is 4.79 Å². The van der Waals surface area contributed by atoms with E-state index in [9.17, 15) is 13.2 Å². The second kappa shape index (κ2) is 11.3. The lowest BCUT2D eigenvalue weighted by Gasteiger charge is -2.19. The van der Waals surface area contributed by atoms with Crippen molar-refractivity contribution in [2.24, 2.45) is 5.92 Å². The van der Waals surface area contributed by atoms with Crippen LogP contribution in [0.5, 0.6) is 0 Å². The number of nitrogens with one attached hydrogen (secondary N) is 2. The Labute approximate surface area is 178 Å². The van der Waals surface area contributed by atoms with E-state index in [2.05, 4.69) is 14.9 Å². The van der Waals surface area contributed by atoms with Gasteiger partial charge >= 0.3 is 0 Å². The first kappa shape index (κ1) is 23.4. The number of thiophene rings is 1. The van der Waals surface area contributed by atoms with Crippen molar-refractivity contribution in [1.29, 1.82) is 0 Å². The zero-order chi connectivity index (χ0) is 21.3. The van der Waals surface area contributed by atoms with Crippen LogP contribution in [0.25, 0.3) is 0 Å². The SMILES string of the molecule is CC(C)CC(=O)NCCc1ccc(S(=O)(=O)NCCCN(C)c2ccccc2)s1. The van der Waals surface area contributed by atoms with Crippen molar-refractivity contribution in [3.8, 4) is 0 Å². The van der Waals surface area contributed by atoms with Gasteiger partial charge in [0.05, 0.1) is 0 Å². The first-order valence-corrected chi connectivity index (χ1v) is 12.2. The number of amides is 1. The molecule has 0 aliphatic carbocycles. The van der Waals surface area contributed by atoms with Crippen LogP contribution in [-0.2, 0) is 21.2 Å². The van der Waals surface area contributed by atoms with Crippen molar-refractivity contribution in [2.75, 3.05) is 31.6 Å². The molecule has 1 aromatic carbocycles. The predicted octanol–water partition coefficient (Wildman–Crippen LogP) is 3.26. The fourth-order valence-corrected chi connectivity index (χ4v) is 5.28. The van der Waals surface area contributed by atoms with Gasteiger partial charge in [0.1, 0.15) is 4.21 Å². The van der Waals surface area contributed by atoms with E-state index in [1.165, 1.54) is 11.3 Å². The molecule has 160 valence electrons. The number of benzene rings is 1. The van der Waals surface area contributed by atoms with Crippen molar-refractivity contribution in [3.63, 3.8) is 0 Å². The van der Waals surface area contributed by atoms with Crippen molar-refractivity contribution in [2.45, 2.75) is 37.3 Å². The Morgan fingerprint density at radius 2 is 1.83 bits per heavy atom. The van der Waals surface area contributed by atoms with Crippen LogP contribution in [0.15, 0.2) is 46.7 Å². The molecule has 6 nitrogen and oxygen atoms in total. The van der Waals surface area contributed by atoms with E-state index in [1.54, 1.807) is 6.07 Å². The van der Waals surface area contributed by atoms with Gasteiger partial charge in [-0.25, -0.2) is 13.1 Å². The molecule has 29 heavy (non-hydrogen) atoms. The number of nitrogens with zero attached hydrogens (tertiary/aromatic N) is 1. The fraction of sp³-hybridized carbons (Fsp3) is 0.476. The predicted molar refractivity (Wildman–Crippen MR) is 120 cm³/mol. The van der Waals surface area contributed by atoms with Gasteiger partial charge in [0, 0.05) is 43.7 Å². The molecule has 2 N–H and O–H groups in total. The number of hydrogen-bond acceptors (Lipinski definition) is 5. The molecule has 0 spiro atoms. The van der Waals surface area contributed by atoms with E-state index >= 15 is 0 Å². The third-order valence-corrected chi connectivity index (χ3v) is 7.45. The highest BCUT2D eigenvalue weighted by molar-refractivity contribution is 7.91. The molecule has 0 saturated heterocycles. The second-order valence-electron chi connectivity index (χ2n) is 7.43. The van der Waals surface area contributed by atoms with Gasteiger partial charge in [-0.15, -0.1) is 11.3 Å². The minimum Gasteiger partial charge on any atom is -0.375 e. The zero-order valence-corrected chi connectivity index (χ0v) is 19.0. The maximum atomic E-state index is 12.5. The van der Waals surface area contributed by atoms with Gasteiger partial charge in [-0.1, -0.05) is 32.0 Å².